The average Bonchev–Trinajstić information content (AvgIpc) is 2.28. The summed E-state index contributed by atoms with van der Waals surface area (Å²) in [6.07, 6.45) is 1.75. The van der Waals surface area contributed by atoms with Gasteiger partial charge in [0.1, 0.15) is 0 Å². The van der Waals surface area contributed by atoms with Crippen LogP contribution < -0.4 is 15.4 Å². The molecule has 0 atom stereocenters. The molecule has 0 spiro atoms. The highest BCUT2D eigenvalue weighted by molar-refractivity contribution is 5.47. The molecular formula is C12H21N3O. The van der Waals surface area contributed by atoms with Crippen LogP contribution in [0, 0.1) is 5.41 Å². The fraction of sp³-hybridized carbons (Fsp3) is 0.583. The molecule has 1 aromatic rings. The summed E-state index contributed by atoms with van der Waals surface area (Å²) in [6.45, 7) is 5.88. The Morgan fingerprint density at radius 3 is 2.75 bits per heavy atom. The van der Waals surface area contributed by atoms with Gasteiger partial charge < -0.3 is 15.4 Å². The van der Waals surface area contributed by atoms with Crippen molar-refractivity contribution >= 4 is 5.69 Å². The van der Waals surface area contributed by atoms with Crippen molar-refractivity contribution in [1.29, 1.82) is 0 Å². The van der Waals surface area contributed by atoms with E-state index in [1.165, 1.54) is 0 Å². The summed E-state index contributed by atoms with van der Waals surface area (Å²) in [5.74, 6) is 0.634. The lowest BCUT2D eigenvalue weighted by molar-refractivity contribution is 0.383. The number of ether oxygens (including phenoxy) is 1. The zero-order chi connectivity index (χ0) is 12.2. The molecule has 1 rings (SSSR count). The van der Waals surface area contributed by atoms with Crippen molar-refractivity contribution in [1.82, 2.24) is 4.98 Å². The van der Waals surface area contributed by atoms with Gasteiger partial charge in [0.2, 0.25) is 5.88 Å². The Morgan fingerprint density at radius 1 is 1.50 bits per heavy atom. The van der Waals surface area contributed by atoms with Gasteiger partial charge in [-0.05, 0) is 18.0 Å². The molecule has 0 radical (unpaired) electrons. The maximum Gasteiger partial charge on any atom is 0.214 e. The maximum absolute atomic E-state index is 5.73. The Kier molecular flexibility index (Phi) is 4.12. The normalized spacial score (nSPS) is 11.3. The Labute approximate surface area is 97.4 Å². The van der Waals surface area contributed by atoms with E-state index in [9.17, 15) is 0 Å². The summed E-state index contributed by atoms with van der Waals surface area (Å²) >= 11 is 0. The van der Waals surface area contributed by atoms with Crippen molar-refractivity contribution in [2.75, 3.05) is 32.1 Å². The molecule has 0 bridgehead atoms. The van der Waals surface area contributed by atoms with Crippen LogP contribution in [0.5, 0.6) is 5.88 Å². The zero-order valence-electron chi connectivity index (χ0n) is 10.5. The first-order chi connectivity index (χ1) is 7.48. The van der Waals surface area contributed by atoms with Crippen LogP contribution in [-0.4, -0.2) is 32.2 Å². The summed E-state index contributed by atoms with van der Waals surface area (Å²) in [5.41, 5.74) is 6.92. The minimum atomic E-state index is 0.102. The quantitative estimate of drug-likeness (QED) is 0.822. The van der Waals surface area contributed by atoms with Crippen molar-refractivity contribution in [2.24, 2.45) is 11.1 Å². The lowest BCUT2D eigenvalue weighted by atomic mass is 9.93. The molecule has 1 aromatic heterocycles. The van der Waals surface area contributed by atoms with Crippen molar-refractivity contribution < 1.29 is 4.74 Å². The topological polar surface area (TPSA) is 51.4 Å². The molecule has 4 heteroatoms. The third-order valence-corrected chi connectivity index (χ3v) is 2.59. The van der Waals surface area contributed by atoms with Crippen LogP contribution in [0.1, 0.15) is 13.8 Å². The van der Waals surface area contributed by atoms with Gasteiger partial charge in [-0.25, -0.2) is 4.98 Å². The minimum absolute atomic E-state index is 0.102. The van der Waals surface area contributed by atoms with Crippen LogP contribution in [0.2, 0.25) is 0 Å². The van der Waals surface area contributed by atoms with Gasteiger partial charge in [-0.15, -0.1) is 0 Å². The lowest BCUT2D eigenvalue weighted by Crippen LogP contribution is -2.36. The second-order valence-electron chi connectivity index (χ2n) is 4.78. The fourth-order valence-corrected chi connectivity index (χ4v) is 1.55. The van der Waals surface area contributed by atoms with Crippen molar-refractivity contribution in [3.05, 3.63) is 18.3 Å². The zero-order valence-corrected chi connectivity index (χ0v) is 10.5. The van der Waals surface area contributed by atoms with Crippen molar-refractivity contribution in [2.45, 2.75) is 13.8 Å². The van der Waals surface area contributed by atoms with Crippen LogP contribution >= 0.6 is 0 Å². The Hall–Kier alpha value is -1.29. The van der Waals surface area contributed by atoms with Gasteiger partial charge in [0.05, 0.1) is 7.11 Å². The lowest BCUT2D eigenvalue weighted by Gasteiger charge is -2.30. The number of anilines is 1. The molecule has 2 N–H and O–H groups in total. The molecule has 0 unspecified atom stereocenters. The van der Waals surface area contributed by atoms with Gasteiger partial charge in [0.15, 0.2) is 0 Å². The molecule has 0 aromatic carbocycles. The Morgan fingerprint density at radius 2 is 2.19 bits per heavy atom. The second-order valence-corrected chi connectivity index (χ2v) is 4.78. The van der Waals surface area contributed by atoms with Crippen LogP contribution in [0.15, 0.2) is 18.3 Å². The number of nitrogens with two attached hydrogens (primary N) is 1. The molecular weight excluding hydrogens is 202 g/mol. The largest absolute Gasteiger partial charge is 0.481 e. The van der Waals surface area contributed by atoms with E-state index < -0.39 is 0 Å². The smallest absolute Gasteiger partial charge is 0.214 e. The first-order valence-electron chi connectivity index (χ1n) is 5.40. The molecule has 16 heavy (non-hydrogen) atoms. The highest BCUT2D eigenvalue weighted by Crippen LogP contribution is 2.21. The van der Waals surface area contributed by atoms with Crippen LogP contribution in [-0.2, 0) is 0 Å². The van der Waals surface area contributed by atoms with Crippen LogP contribution in [0.3, 0.4) is 0 Å². The van der Waals surface area contributed by atoms with E-state index in [1.54, 1.807) is 13.3 Å². The maximum atomic E-state index is 5.73. The van der Waals surface area contributed by atoms with Gasteiger partial charge >= 0.3 is 0 Å². The number of methoxy groups -OCH3 is 1. The molecule has 0 aliphatic carbocycles. The Balaban J connectivity index is 2.76. The first-order valence-corrected chi connectivity index (χ1v) is 5.40. The first kappa shape index (κ1) is 12.8. The number of nitrogens with zero attached hydrogens (tertiary/aromatic N) is 2. The third kappa shape index (κ3) is 3.38. The Bertz CT molecular complexity index is 339. The fourth-order valence-electron chi connectivity index (χ4n) is 1.55. The summed E-state index contributed by atoms with van der Waals surface area (Å²) in [6, 6.07) is 3.89. The van der Waals surface area contributed by atoms with Gasteiger partial charge in [-0.3, -0.25) is 0 Å². The van der Waals surface area contributed by atoms with E-state index in [0.717, 1.165) is 12.2 Å². The number of hydrogen-bond donors (Lipinski definition) is 1. The summed E-state index contributed by atoms with van der Waals surface area (Å²) in [7, 11) is 3.67. The molecule has 0 saturated carbocycles. The summed E-state index contributed by atoms with van der Waals surface area (Å²) < 4.78 is 5.10. The number of rotatable bonds is 5. The minimum Gasteiger partial charge on any atom is -0.481 e. The van der Waals surface area contributed by atoms with E-state index in [4.69, 9.17) is 10.5 Å². The standard InChI is InChI=1S/C12H21N3O/c1-12(2,8-13)9-15(3)10-5-6-14-11(7-10)16-4/h5-7H,8-9,13H2,1-4H3. The average molecular weight is 223 g/mol. The predicted octanol–water partition coefficient (Wildman–Crippen LogP) is 1.51. The number of aromatic nitrogens is 1. The van der Waals surface area contributed by atoms with Crippen LogP contribution in [0.25, 0.3) is 0 Å². The van der Waals surface area contributed by atoms with E-state index in [1.807, 2.05) is 19.2 Å². The van der Waals surface area contributed by atoms with E-state index in [0.29, 0.717) is 12.4 Å². The number of hydrogen-bond acceptors (Lipinski definition) is 4. The molecule has 0 aliphatic rings. The monoisotopic (exact) mass is 223 g/mol. The molecule has 4 nitrogen and oxygen atoms in total. The van der Waals surface area contributed by atoms with Gasteiger partial charge in [0.25, 0.3) is 0 Å². The SMILES string of the molecule is COc1cc(N(C)CC(C)(C)CN)ccn1. The van der Waals surface area contributed by atoms with E-state index in [2.05, 4.69) is 23.7 Å². The van der Waals surface area contributed by atoms with Gasteiger partial charge in [-0.2, -0.15) is 0 Å². The highest BCUT2D eigenvalue weighted by atomic mass is 16.5. The van der Waals surface area contributed by atoms with Crippen molar-refractivity contribution in [3.8, 4) is 5.88 Å². The van der Waals surface area contributed by atoms with Crippen molar-refractivity contribution in [3.63, 3.8) is 0 Å². The molecule has 90 valence electrons. The molecule has 0 aliphatic heterocycles. The van der Waals surface area contributed by atoms with Gasteiger partial charge in [-0.1, -0.05) is 13.8 Å². The van der Waals surface area contributed by atoms with Gasteiger partial charge in [0, 0.05) is 31.5 Å². The molecule has 1 heterocycles. The third-order valence-electron chi connectivity index (χ3n) is 2.59. The molecule has 0 amide bonds. The molecule has 0 fully saturated rings. The molecule has 0 saturated heterocycles. The summed E-state index contributed by atoms with van der Waals surface area (Å²) in [5, 5.41) is 0. The summed E-state index contributed by atoms with van der Waals surface area (Å²) in [4.78, 5) is 6.25. The van der Waals surface area contributed by atoms with Crippen LogP contribution in [0.4, 0.5) is 5.69 Å². The predicted molar refractivity (Wildman–Crippen MR) is 66.9 cm³/mol. The second kappa shape index (κ2) is 5.16. The highest BCUT2D eigenvalue weighted by Gasteiger charge is 2.18. The van der Waals surface area contributed by atoms with E-state index >= 15 is 0 Å². The van der Waals surface area contributed by atoms with E-state index in [-0.39, 0.29) is 5.41 Å². The number of pyridine rings is 1.